The summed E-state index contributed by atoms with van der Waals surface area (Å²) in [6.07, 6.45) is 0. The lowest BCUT2D eigenvalue weighted by Gasteiger charge is -2.13. The Labute approximate surface area is 140 Å². The van der Waals surface area contributed by atoms with Crippen LogP contribution in [0.2, 0.25) is 0 Å². The third kappa shape index (κ3) is 4.49. The first-order valence-electron chi connectivity index (χ1n) is 7.41. The molecular formula is C18H20N2O4. The number of aryl methyl sites for hydroxylation is 1. The van der Waals surface area contributed by atoms with Gasteiger partial charge >= 0.3 is 5.97 Å². The average Bonchev–Trinajstić information content (AvgIpc) is 2.53. The Hall–Kier alpha value is -3.02. The monoisotopic (exact) mass is 328 g/mol. The third-order valence-electron chi connectivity index (χ3n) is 3.47. The Kier molecular flexibility index (Phi) is 5.42. The van der Waals surface area contributed by atoms with E-state index in [-0.39, 0.29) is 18.1 Å². The van der Waals surface area contributed by atoms with Crippen LogP contribution in [-0.2, 0) is 4.79 Å². The van der Waals surface area contributed by atoms with Crippen LogP contribution in [0, 0.1) is 6.92 Å². The molecule has 0 atom stereocenters. The van der Waals surface area contributed by atoms with Gasteiger partial charge in [0.2, 0.25) is 0 Å². The molecule has 0 aliphatic heterocycles. The summed E-state index contributed by atoms with van der Waals surface area (Å²) >= 11 is 0. The normalized spacial score (nSPS) is 10.1. The standard InChI is InChI=1S/C18H20N2O4/c1-12-10-15(8-9-16(12)18(22)23)24-11-17(21)19-13-4-6-14(7-5-13)20(2)3/h4-10H,11H2,1-3H3,(H,19,21)(H,22,23). The number of carbonyl (C=O) groups excluding carboxylic acids is 1. The van der Waals surface area contributed by atoms with Gasteiger partial charge in [-0.15, -0.1) is 0 Å². The molecule has 0 saturated heterocycles. The lowest BCUT2D eigenvalue weighted by Crippen LogP contribution is -2.20. The van der Waals surface area contributed by atoms with E-state index in [4.69, 9.17) is 9.84 Å². The van der Waals surface area contributed by atoms with Gasteiger partial charge in [-0.25, -0.2) is 4.79 Å². The Morgan fingerprint density at radius 3 is 2.33 bits per heavy atom. The number of anilines is 2. The zero-order chi connectivity index (χ0) is 17.7. The minimum atomic E-state index is -0.988. The molecule has 0 saturated carbocycles. The Morgan fingerprint density at radius 1 is 1.12 bits per heavy atom. The van der Waals surface area contributed by atoms with Crippen molar-refractivity contribution in [2.75, 3.05) is 30.9 Å². The highest BCUT2D eigenvalue weighted by Gasteiger charge is 2.09. The van der Waals surface area contributed by atoms with Gasteiger partial charge in [0, 0.05) is 25.5 Å². The molecule has 0 aromatic heterocycles. The first-order chi connectivity index (χ1) is 11.4. The summed E-state index contributed by atoms with van der Waals surface area (Å²) < 4.78 is 5.40. The zero-order valence-corrected chi connectivity index (χ0v) is 13.9. The van der Waals surface area contributed by atoms with Crippen molar-refractivity contribution in [3.05, 3.63) is 53.6 Å². The van der Waals surface area contributed by atoms with Crippen LogP contribution in [0.3, 0.4) is 0 Å². The van der Waals surface area contributed by atoms with Crippen molar-refractivity contribution in [3.8, 4) is 5.75 Å². The van der Waals surface area contributed by atoms with E-state index in [0.29, 0.717) is 17.0 Å². The van der Waals surface area contributed by atoms with Crippen LogP contribution in [0.25, 0.3) is 0 Å². The fourth-order valence-corrected chi connectivity index (χ4v) is 2.15. The minimum Gasteiger partial charge on any atom is -0.484 e. The van der Waals surface area contributed by atoms with Gasteiger partial charge < -0.3 is 20.1 Å². The zero-order valence-electron chi connectivity index (χ0n) is 13.9. The molecule has 6 nitrogen and oxygen atoms in total. The summed E-state index contributed by atoms with van der Waals surface area (Å²) in [4.78, 5) is 24.9. The molecule has 126 valence electrons. The lowest BCUT2D eigenvalue weighted by molar-refractivity contribution is -0.118. The van der Waals surface area contributed by atoms with Crippen LogP contribution in [0.5, 0.6) is 5.75 Å². The predicted molar refractivity (Wildman–Crippen MR) is 93.0 cm³/mol. The number of ether oxygens (including phenoxy) is 1. The van der Waals surface area contributed by atoms with Crippen LogP contribution in [0.4, 0.5) is 11.4 Å². The maximum absolute atomic E-state index is 11.9. The van der Waals surface area contributed by atoms with Crippen LogP contribution in [0.15, 0.2) is 42.5 Å². The summed E-state index contributed by atoms with van der Waals surface area (Å²) in [7, 11) is 3.89. The first-order valence-corrected chi connectivity index (χ1v) is 7.41. The molecule has 2 rings (SSSR count). The SMILES string of the molecule is Cc1cc(OCC(=O)Nc2ccc(N(C)C)cc2)ccc1C(=O)O. The van der Waals surface area contributed by atoms with Crippen molar-refractivity contribution in [1.82, 2.24) is 0 Å². The summed E-state index contributed by atoms with van der Waals surface area (Å²) in [6, 6.07) is 12.1. The van der Waals surface area contributed by atoms with Gasteiger partial charge in [0.05, 0.1) is 5.56 Å². The minimum absolute atomic E-state index is 0.151. The molecule has 0 fully saturated rings. The largest absolute Gasteiger partial charge is 0.484 e. The highest BCUT2D eigenvalue weighted by Crippen LogP contribution is 2.18. The molecule has 2 aromatic carbocycles. The van der Waals surface area contributed by atoms with E-state index < -0.39 is 5.97 Å². The molecule has 0 aliphatic rings. The van der Waals surface area contributed by atoms with Crippen LogP contribution < -0.4 is 15.0 Å². The second-order valence-electron chi connectivity index (χ2n) is 5.56. The molecule has 1 amide bonds. The van der Waals surface area contributed by atoms with E-state index >= 15 is 0 Å². The molecule has 0 unspecified atom stereocenters. The van der Waals surface area contributed by atoms with Crippen molar-refractivity contribution in [3.63, 3.8) is 0 Å². The van der Waals surface area contributed by atoms with Crippen molar-refractivity contribution < 1.29 is 19.4 Å². The van der Waals surface area contributed by atoms with E-state index in [1.165, 1.54) is 12.1 Å². The van der Waals surface area contributed by atoms with E-state index in [0.717, 1.165) is 5.69 Å². The van der Waals surface area contributed by atoms with E-state index in [2.05, 4.69) is 5.32 Å². The van der Waals surface area contributed by atoms with Gasteiger partial charge in [-0.3, -0.25) is 4.79 Å². The Bertz CT molecular complexity index is 739. The number of benzene rings is 2. The third-order valence-corrected chi connectivity index (χ3v) is 3.47. The molecule has 0 spiro atoms. The number of nitrogens with one attached hydrogen (secondary N) is 1. The average molecular weight is 328 g/mol. The Balaban J connectivity index is 1.91. The van der Waals surface area contributed by atoms with Crippen molar-refractivity contribution >= 4 is 23.3 Å². The quantitative estimate of drug-likeness (QED) is 0.852. The van der Waals surface area contributed by atoms with E-state index in [9.17, 15) is 9.59 Å². The summed E-state index contributed by atoms with van der Waals surface area (Å²) in [5, 5.41) is 11.7. The predicted octanol–water partition coefficient (Wildman–Crippen LogP) is 2.78. The molecule has 0 aliphatic carbocycles. The van der Waals surface area contributed by atoms with E-state index in [1.54, 1.807) is 13.0 Å². The number of hydrogen-bond acceptors (Lipinski definition) is 4. The molecule has 6 heteroatoms. The highest BCUT2D eigenvalue weighted by atomic mass is 16.5. The molecule has 2 N–H and O–H groups in total. The van der Waals surface area contributed by atoms with E-state index in [1.807, 2.05) is 43.3 Å². The molecule has 0 heterocycles. The van der Waals surface area contributed by atoms with Gasteiger partial charge in [0.1, 0.15) is 5.75 Å². The maximum atomic E-state index is 11.9. The fourth-order valence-electron chi connectivity index (χ4n) is 2.15. The Morgan fingerprint density at radius 2 is 1.79 bits per heavy atom. The molecule has 24 heavy (non-hydrogen) atoms. The maximum Gasteiger partial charge on any atom is 0.335 e. The van der Waals surface area contributed by atoms with Crippen LogP contribution in [0.1, 0.15) is 15.9 Å². The number of carboxylic acids is 1. The number of hydrogen-bond donors (Lipinski definition) is 2. The number of carbonyl (C=O) groups is 2. The second kappa shape index (κ2) is 7.50. The second-order valence-corrected chi connectivity index (χ2v) is 5.56. The summed E-state index contributed by atoms with van der Waals surface area (Å²) in [5.41, 5.74) is 2.53. The van der Waals surface area contributed by atoms with Gasteiger partial charge in [-0.2, -0.15) is 0 Å². The molecular weight excluding hydrogens is 308 g/mol. The number of rotatable bonds is 6. The van der Waals surface area contributed by atoms with Crippen LogP contribution >= 0.6 is 0 Å². The van der Waals surface area contributed by atoms with Crippen LogP contribution in [-0.4, -0.2) is 37.7 Å². The van der Waals surface area contributed by atoms with Gasteiger partial charge in [-0.1, -0.05) is 0 Å². The van der Waals surface area contributed by atoms with Crippen molar-refractivity contribution in [1.29, 1.82) is 0 Å². The lowest BCUT2D eigenvalue weighted by atomic mass is 10.1. The first kappa shape index (κ1) is 17.3. The summed E-state index contributed by atoms with van der Waals surface area (Å²) in [6.45, 7) is 1.53. The highest BCUT2D eigenvalue weighted by molar-refractivity contribution is 5.92. The number of aromatic carboxylic acids is 1. The van der Waals surface area contributed by atoms with Gasteiger partial charge in [-0.05, 0) is 55.0 Å². The fraction of sp³-hybridized carbons (Fsp3) is 0.222. The van der Waals surface area contributed by atoms with Gasteiger partial charge in [0.25, 0.3) is 5.91 Å². The smallest absolute Gasteiger partial charge is 0.335 e. The molecule has 2 aromatic rings. The number of carboxylic acid groups (broad SMARTS) is 1. The van der Waals surface area contributed by atoms with Crippen molar-refractivity contribution in [2.24, 2.45) is 0 Å². The van der Waals surface area contributed by atoms with Gasteiger partial charge in [0.15, 0.2) is 6.61 Å². The number of amides is 1. The topological polar surface area (TPSA) is 78.9 Å². The van der Waals surface area contributed by atoms with Crippen molar-refractivity contribution in [2.45, 2.75) is 6.92 Å². The summed E-state index contributed by atoms with van der Waals surface area (Å²) in [5.74, 6) is -0.818. The molecule has 0 bridgehead atoms. The number of nitrogens with zero attached hydrogens (tertiary/aromatic N) is 1. The molecule has 0 radical (unpaired) electrons.